The van der Waals surface area contributed by atoms with Gasteiger partial charge in [0.2, 0.25) is 0 Å². The molecule has 6 heterocycles. The highest BCUT2D eigenvalue weighted by Gasteiger charge is 2.54. The van der Waals surface area contributed by atoms with Crippen molar-refractivity contribution >= 4 is 29.3 Å². The summed E-state index contributed by atoms with van der Waals surface area (Å²) in [6, 6.07) is 29.0. The highest BCUT2D eigenvalue weighted by Crippen LogP contribution is 2.57. The summed E-state index contributed by atoms with van der Waals surface area (Å²) in [4.78, 5) is 40.5. The second kappa shape index (κ2) is 17.8. The Hall–Kier alpha value is -6.49. The lowest BCUT2D eigenvalue weighted by Gasteiger charge is -2.46. The van der Waals surface area contributed by atoms with E-state index in [0.717, 1.165) is 0 Å². The third kappa shape index (κ3) is 8.15. The molecule has 12 atom stereocenters. The summed E-state index contributed by atoms with van der Waals surface area (Å²) in [7, 11) is 0. The molecule has 358 valence electrons. The molecule has 0 aromatic heterocycles. The van der Waals surface area contributed by atoms with Gasteiger partial charge >= 0.3 is 17.9 Å². The third-order valence-electron chi connectivity index (χ3n) is 13.0. The van der Waals surface area contributed by atoms with Crippen LogP contribution in [-0.2, 0) is 38.8 Å². The van der Waals surface area contributed by atoms with Gasteiger partial charge < -0.3 is 78.4 Å². The van der Waals surface area contributed by atoms with Crippen molar-refractivity contribution in [1.82, 2.24) is 0 Å². The van der Waals surface area contributed by atoms with Crippen molar-refractivity contribution in [3.63, 3.8) is 0 Å². The third-order valence-corrected chi connectivity index (χ3v) is 13.0. The van der Waals surface area contributed by atoms with Gasteiger partial charge in [-0.05, 0) is 92.7 Å². The Morgan fingerprint density at radius 2 is 1.04 bits per heavy atom. The lowest BCUT2D eigenvalue weighted by atomic mass is 9.77. The number of carbonyl (C=O) groups is 3. The van der Waals surface area contributed by atoms with Gasteiger partial charge in [0, 0.05) is 40.2 Å². The van der Waals surface area contributed by atoms with Gasteiger partial charge in [-0.3, -0.25) is 0 Å². The Bertz CT molecular complexity index is 2630. The van der Waals surface area contributed by atoms with E-state index in [0.29, 0.717) is 33.6 Å². The maximum Gasteiger partial charge on any atom is 0.343 e. The molecule has 6 aliphatic heterocycles. The zero-order chi connectivity index (χ0) is 47.7. The van der Waals surface area contributed by atoms with Crippen molar-refractivity contribution in [3.05, 3.63) is 143 Å². The highest BCUT2D eigenvalue weighted by molar-refractivity contribution is 5.97. The van der Waals surface area contributed by atoms with E-state index in [1.807, 2.05) is 0 Å². The molecule has 0 saturated carbocycles. The second-order valence-corrected chi connectivity index (χ2v) is 17.4. The van der Waals surface area contributed by atoms with Crippen molar-refractivity contribution in [3.8, 4) is 23.0 Å². The maximum absolute atomic E-state index is 13.5. The van der Waals surface area contributed by atoms with Crippen molar-refractivity contribution in [1.29, 1.82) is 0 Å². The number of hydrogen-bond acceptors (Lipinski definition) is 19. The molecule has 19 heteroatoms. The lowest BCUT2D eigenvalue weighted by Crippen LogP contribution is -2.64. The van der Waals surface area contributed by atoms with Crippen LogP contribution in [0, 0.1) is 0 Å². The fourth-order valence-electron chi connectivity index (χ4n) is 9.53. The first kappa shape index (κ1) is 45.0. The molecule has 1 spiro atoms. The minimum absolute atomic E-state index is 0.114. The first-order chi connectivity index (χ1) is 33.3. The number of rotatable bonds is 8. The monoisotopic (exact) mass is 946 g/mol. The maximum atomic E-state index is 13.5. The van der Waals surface area contributed by atoms with Gasteiger partial charge in [0.15, 0.2) is 30.6 Å². The molecule has 2 unspecified atom stereocenters. The fraction of sp³-hybridized carbons (Fsp3) is 0.340. The number of aliphatic hydroxyl groups is 4. The van der Waals surface area contributed by atoms with E-state index in [-0.39, 0.29) is 47.3 Å². The van der Waals surface area contributed by atoms with Crippen LogP contribution in [0.5, 0.6) is 23.0 Å². The summed E-state index contributed by atoms with van der Waals surface area (Å²) in [6.07, 6.45) is -10.8. The van der Waals surface area contributed by atoms with Crippen molar-refractivity contribution in [2.75, 3.05) is 23.8 Å². The number of hydrogen-bond donors (Lipinski definition) is 6. The topological polar surface area (TPSA) is 248 Å². The van der Waals surface area contributed by atoms with Gasteiger partial charge in [0.25, 0.3) is 0 Å². The molecule has 69 heavy (non-hydrogen) atoms. The fourth-order valence-corrected chi connectivity index (χ4v) is 9.53. The van der Waals surface area contributed by atoms with Crippen LogP contribution in [0.1, 0.15) is 61.6 Å². The van der Waals surface area contributed by atoms with Crippen LogP contribution in [0.25, 0.3) is 0 Å². The molecular weight excluding hydrogens is 901 g/mol. The molecule has 11 rings (SSSR count). The molecule has 5 aromatic rings. The van der Waals surface area contributed by atoms with Gasteiger partial charge in [0.05, 0.1) is 29.9 Å². The van der Waals surface area contributed by atoms with Crippen LogP contribution in [0.4, 0.5) is 11.4 Å². The summed E-state index contributed by atoms with van der Waals surface area (Å²) < 4.78 is 58.4. The van der Waals surface area contributed by atoms with Crippen molar-refractivity contribution < 1.29 is 82.2 Å². The Kier molecular flexibility index (Phi) is 11.6. The van der Waals surface area contributed by atoms with Crippen LogP contribution >= 0.6 is 0 Å². The van der Waals surface area contributed by atoms with E-state index < -0.39 is 97.4 Å². The van der Waals surface area contributed by atoms with Gasteiger partial charge in [-0.1, -0.05) is 18.2 Å². The summed E-state index contributed by atoms with van der Waals surface area (Å²) in [6.45, 7) is 3.75. The molecule has 6 aliphatic rings. The Balaban J connectivity index is 0.794. The first-order valence-corrected chi connectivity index (χ1v) is 22.4. The van der Waals surface area contributed by atoms with Crippen LogP contribution in [-0.4, -0.2) is 125 Å². The molecule has 0 amide bonds. The number of esters is 3. The number of aliphatic hydroxyl groups excluding tert-OH is 4. The number of benzene rings is 5. The van der Waals surface area contributed by atoms with Gasteiger partial charge in [-0.2, -0.15) is 0 Å². The standard InChI is InChI=1S/C50H46N2O17/c1-23-60-21-37-43(62-23)39(53)41(55)45(67-37)51-27-11-7-25(8-12-27)47(57)64-29-15-17-33-35(19-29)66-36-20-30(16-18-34(36)50(33)32-6-4-3-5-31(32)49(59)69-50)65-48(58)26-9-13-28(14-10-26)52-46-42(56)40(54)44-38(68-46)22-61-24(2)63-44/h3-20,23-24,37-46,51-56H,21-22H2,1-2H3/t23?,24?,37-,38-,39-,40-,41-,42-,43-,44-,45-,46-,50?/m1/s1. The summed E-state index contributed by atoms with van der Waals surface area (Å²) in [5, 5.41) is 49.1. The molecule has 4 fully saturated rings. The van der Waals surface area contributed by atoms with Crippen LogP contribution in [0.2, 0.25) is 0 Å². The Morgan fingerprint density at radius 1 is 0.580 bits per heavy atom. The quantitative estimate of drug-likeness (QED) is 0.0953. The smallest absolute Gasteiger partial charge is 0.343 e. The van der Waals surface area contributed by atoms with Gasteiger partial charge in [-0.25, -0.2) is 14.4 Å². The van der Waals surface area contributed by atoms with Crippen LogP contribution in [0.15, 0.2) is 109 Å². The zero-order valence-electron chi connectivity index (χ0n) is 36.8. The van der Waals surface area contributed by atoms with Gasteiger partial charge in [-0.15, -0.1) is 0 Å². The number of nitrogens with one attached hydrogen (secondary N) is 2. The highest BCUT2D eigenvalue weighted by atomic mass is 16.7. The van der Waals surface area contributed by atoms with E-state index in [4.69, 9.17) is 47.4 Å². The SMILES string of the molecule is CC1OC[C@H]2O[C@@H](Nc3ccc(C(=O)Oc4ccc5c(c4)Oc4cc(OC(=O)c6ccc(N[C@@H]7O[C@@H]8COC(C)O[C@H]8[C@H](O)[C@H]7O)cc6)ccc4C54OC(=O)c5ccccc54)cc3)[C@H](O)[C@@H](O)[C@@H]2O1. The predicted octanol–water partition coefficient (Wildman–Crippen LogP) is 3.93. The Labute approximate surface area is 393 Å². The van der Waals surface area contributed by atoms with E-state index in [9.17, 15) is 34.8 Å². The zero-order valence-corrected chi connectivity index (χ0v) is 36.8. The van der Waals surface area contributed by atoms with Gasteiger partial charge in [0.1, 0.15) is 71.8 Å². The van der Waals surface area contributed by atoms with Crippen LogP contribution in [0.3, 0.4) is 0 Å². The Morgan fingerprint density at radius 3 is 1.52 bits per heavy atom. The molecule has 0 aliphatic carbocycles. The van der Waals surface area contributed by atoms with Crippen molar-refractivity contribution in [2.24, 2.45) is 0 Å². The molecule has 0 radical (unpaired) electrons. The number of fused-ring (bicyclic) bond motifs is 8. The number of anilines is 2. The molecular formula is C50H46N2O17. The van der Waals surface area contributed by atoms with E-state index in [1.165, 1.54) is 36.4 Å². The average molecular weight is 947 g/mol. The summed E-state index contributed by atoms with van der Waals surface area (Å²) in [5.74, 6) is -1.31. The predicted molar refractivity (Wildman–Crippen MR) is 237 cm³/mol. The minimum atomic E-state index is -1.47. The number of carbonyl (C=O) groups excluding carboxylic acids is 3. The first-order valence-electron chi connectivity index (χ1n) is 22.4. The largest absolute Gasteiger partial charge is 0.456 e. The average Bonchev–Trinajstić information content (AvgIpc) is 3.64. The van der Waals surface area contributed by atoms with Crippen LogP contribution < -0.4 is 24.8 Å². The molecule has 4 saturated heterocycles. The normalized spacial score (nSPS) is 31.9. The van der Waals surface area contributed by atoms with E-state index >= 15 is 0 Å². The molecule has 0 bridgehead atoms. The summed E-state index contributed by atoms with van der Waals surface area (Å²) >= 11 is 0. The second-order valence-electron chi connectivity index (χ2n) is 17.4. The number of ether oxygens (including phenoxy) is 10. The molecule has 5 aromatic carbocycles. The van der Waals surface area contributed by atoms with Crippen molar-refractivity contribution in [2.45, 2.75) is 93.3 Å². The molecule has 19 nitrogen and oxygen atoms in total. The molecule has 6 N–H and O–H groups in total. The minimum Gasteiger partial charge on any atom is -0.456 e. The lowest BCUT2D eigenvalue weighted by molar-refractivity contribution is -0.317. The summed E-state index contributed by atoms with van der Waals surface area (Å²) in [5.41, 5.74) is 1.74. The van der Waals surface area contributed by atoms with E-state index in [2.05, 4.69) is 10.6 Å². The van der Waals surface area contributed by atoms with E-state index in [1.54, 1.807) is 86.6 Å².